The number of methoxy groups -OCH3 is 3. The summed E-state index contributed by atoms with van der Waals surface area (Å²) in [5.74, 6) is 1.72. The van der Waals surface area contributed by atoms with Gasteiger partial charge in [0.2, 0.25) is 5.88 Å². The van der Waals surface area contributed by atoms with Gasteiger partial charge in [-0.2, -0.15) is 0 Å². The number of ether oxygens (including phenoxy) is 3. The van der Waals surface area contributed by atoms with Crippen LogP contribution in [0.2, 0.25) is 0 Å². The average molecular weight is 328 g/mol. The number of hydrogen-bond donors (Lipinski definition) is 0. The smallest absolute Gasteiger partial charge is 0.272 e. The molecule has 6 heteroatoms. The van der Waals surface area contributed by atoms with Crippen molar-refractivity contribution in [2.75, 3.05) is 27.9 Å². The summed E-state index contributed by atoms with van der Waals surface area (Å²) < 4.78 is 15.8. The molecule has 6 nitrogen and oxygen atoms in total. The highest BCUT2D eigenvalue weighted by atomic mass is 16.5. The van der Waals surface area contributed by atoms with Crippen molar-refractivity contribution in [3.63, 3.8) is 0 Å². The minimum atomic E-state index is -0.102. The van der Waals surface area contributed by atoms with E-state index >= 15 is 0 Å². The Kier molecular flexibility index (Phi) is 4.55. The summed E-state index contributed by atoms with van der Waals surface area (Å²) in [4.78, 5) is 18.7. The van der Waals surface area contributed by atoms with Crippen molar-refractivity contribution < 1.29 is 19.0 Å². The fourth-order valence-electron chi connectivity index (χ4n) is 2.87. The van der Waals surface area contributed by atoms with E-state index in [0.717, 1.165) is 12.0 Å². The second-order valence-electron chi connectivity index (χ2n) is 5.52. The summed E-state index contributed by atoms with van der Waals surface area (Å²) in [7, 11) is 4.76. The zero-order valence-corrected chi connectivity index (χ0v) is 14.0. The summed E-state index contributed by atoms with van der Waals surface area (Å²) in [5, 5.41) is 0. The zero-order chi connectivity index (χ0) is 17.1. The SMILES string of the molecule is COc1cccc(C(=O)N2CCc3cc(OC)c(OC)cc3C2)n1. The molecule has 0 fully saturated rings. The number of carbonyl (C=O) groups excluding carboxylic acids is 1. The summed E-state index contributed by atoms with van der Waals surface area (Å²) in [5.41, 5.74) is 2.63. The van der Waals surface area contributed by atoms with Crippen LogP contribution in [0.3, 0.4) is 0 Å². The summed E-state index contributed by atoms with van der Waals surface area (Å²) >= 11 is 0. The van der Waals surface area contributed by atoms with Crippen molar-refractivity contribution in [1.29, 1.82) is 0 Å². The standard InChI is InChI=1S/C18H20N2O4/c1-22-15-9-12-7-8-20(11-13(12)10-16(15)23-2)18(21)14-5-4-6-17(19-14)24-3/h4-6,9-10H,7-8,11H2,1-3H3. The van der Waals surface area contributed by atoms with E-state index in [1.165, 1.54) is 12.7 Å². The molecule has 1 aliphatic heterocycles. The molecule has 2 aromatic rings. The molecule has 0 spiro atoms. The number of pyridine rings is 1. The molecule has 0 radical (unpaired) electrons. The van der Waals surface area contributed by atoms with Crippen LogP contribution in [0.4, 0.5) is 0 Å². The topological polar surface area (TPSA) is 60.9 Å². The van der Waals surface area contributed by atoms with E-state index in [9.17, 15) is 4.79 Å². The fraction of sp³-hybridized carbons (Fsp3) is 0.333. The van der Waals surface area contributed by atoms with Crippen molar-refractivity contribution in [3.05, 3.63) is 47.2 Å². The third-order valence-corrected chi connectivity index (χ3v) is 4.16. The Morgan fingerprint density at radius 3 is 2.42 bits per heavy atom. The van der Waals surface area contributed by atoms with Crippen molar-refractivity contribution in [2.45, 2.75) is 13.0 Å². The van der Waals surface area contributed by atoms with E-state index in [0.29, 0.717) is 36.2 Å². The van der Waals surface area contributed by atoms with Crippen molar-refractivity contribution in [3.8, 4) is 17.4 Å². The predicted octanol–water partition coefficient (Wildman–Crippen LogP) is 2.31. The number of hydrogen-bond acceptors (Lipinski definition) is 5. The van der Waals surface area contributed by atoms with Crippen LogP contribution in [-0.4, -0.2) is 43.7 Å². The summed E-state index contributed by atoms with van der Waals surface area (Å²) in [6.45, 7) is 1.16. The molecule has 0 unspecified atom stereocenters. The first-order valence-corrected chi connectivity index (χ1v) is 7.70. The van der Waals surface area contributed by atoms with Crippen LogP contribution >= 0.6 is 0 Å². The Morgan fingerprint density at radius 2 is 1.75 bits per heavy atom. The van der Waals surface area contributed by atoms with Crippen molar-refractivity contribution >= 4 is 5.91 Å². The number of nitrogens with zero attached hydrogens (tertiary/aromatic N) is 2. The van der Waals surface area contributed by atoms with Crippen LogP contribution in [0.5, 0.6) is 17.4 Å². The first-order chi connectivity index (χ1) is 11.7. The van der Waals surface area contributed by atoms with Crippen LogP contribution in [0.15, 0.2) is 30.3 Å². The van der Waals surface area contributed by atoms with Gasteiger partial charge in [0.25, 0.3) is 5.91 Å². The van der Waals surface area contributed by atoms with Gasteiger partial charge in [0, 0.05) is 19.2 Å². The largest absolute Gasteiger partial charge is 0.493 e. The van der Waals surface area contributed by atoms with E-state index in [1.54, 1.807) is 37.3 Å². The second kappa shape index (κ2) is 6.78. The van der Waals surface area contributed by atoms with E-state index in [2.05, 4.69) is 4.98 Å². The summed E-state index contributed by atoms with van der Waals surface area (Å²) in [6.07, 6.45) is 0.769. The Labute approximate surface area is 141 Å². The van der Waals surface area contributed by atoms with Crippen molar-refractivity contribution in [2.24, 2.45) is 0 Å². The molecule has 1 aromatic carbocycles. The minimum absolute atomic E-state index is 0.102. The highest BCUT2D eigenvalue weighted by molar-refractivity contribution is 5.92. The lowest BCUT2D eigenvalue weighted by molar-refractivity contribution is 0.0727. The van der Waals surface area contributed by atoms with E-state index in [1.807, 2.05) is 12.1 Å². The van der Waals surface area contributed by atoms with E-state index in [-0.39, 0.29) is 5.91 Å². The molecule has 3 rings (SSSR count). The van der Waals surface area contributed by atoms with Gasteiger partial charge in [0.05, 0.1) is 21.3 Å². The van der Waals surface area contributed by atoms with Gasteiger partial charge in [-0.25, -0.2) is 4.98 Å². The lowest BCUT2D eigenvalue weighted by Gasteiger charge is -2.29. The molecule has 1 aromatic heterocycles. The van der Waals surface area contributed by atoms with Crippen LogP contribution in [0.25, 0.3) is 0 Å². The molecule has 126 valence electrons. The number of rotatable bonds is 4. The number of amides is 1. The van der Waals surface area contributed by atoms with Gasteiger partial charge in [-0.05, 0) is 35.7 Å². The minimum Gasteiger partial charge on any atom is -0.493 e. The molecular weight excluding hydrogens is 308 g/mol. The predicted molar refractivity (Wildman–Crippen MR) is 88.8 cm³/mol. The molecule has 0 aliphatic carbocycles. The highest BCUT2D eigenvalue weighted by Crippen LogP contribution is 2.33. The molecule has 0 bridgehead atoms. The Hall–Kier alpha value is -2.76. The molecule has 24 heavy (non-hydrogen) atoms. The maximum Gasteiger partial charge on any atom is 0.272 e. The van der Waals surface area contributed by atoms with Crippen LogP contribution in [0.1, 0.15) is 21.6 Å². The first-order valence-electron chi connectivity index (χ1n) is 7.70. The lowest BCUT2D eigenvalue weighted by Crippen LogP contribution is -2.36. The number of carbonyl (C=O) groups is 1. The van der Waals surface area contributed by atoms with Gasteiger partial charge in [-0.15, -0.1) is 0 Å². The van der Waals surface area contributed by atoms with Gasteiger partial charge >= 0.3 is 0 Å². The van der Waals surface area contributed by atoms with Crippen LogP contribution < -0.4 is 14.2 Å². The molecule has 0 N–H and O–H groups in total. The molecule has 1 amide bonds. The van der Waals surface area contributed by atoms with E-state index in [4.69, 9.17) is 14.2 Å². The van der Waals surface area contributed by atoms with Crippen molar-refractivity contribution in [1.82, 2.24) is 9.88 Å². The van der Waals surface area contributed by atoms with E-state index < -0.39 is 0 Å². The third-order valence-electron chi connectivity index (χ3n) is 4.16. The molecule has 0 atom stereocenters. The normalized spacial score (nSPS) is 13.2. The van der Waals surface area contributed by atoms with Gasteiger partial charge < -0.3 is 19.1 Å². The van der Waals surface area contributed by atoms with Gasteiger partial charge in [-0.3, -0.25) is 4.79 Å². The maximum atomic E-state index is 12.7. The van der Waals surface area contributed by atoms with Gasteiger partial charge in [-0.1, -0.05) is 6.07 Å². The number of aromatic nitrogens is 1. The Bertz CT molecular complexity index is 761. The highest BCUT2D eigenvalue weighted by Gasteiger charge is 2.24. The zero-order valence-electron chi connectivity index (χ0n) is 14.0. The molecule has 0 saturated carbocycles. The summed E-state index contributed by atoms with van der Waals surface area (Å²) in [6, 6.07) is 9.12. The van der Waals surface area contributed by atoms with Crippen LogP contribution in [0, 0.1) is 0 Å². The second-order valence-corrected chi connectivity index (χ2v) is 5.52. The van der Waals surface area contributed by atoms with Crippen LogP contribution in [-0.2, 0) is 13.0 Å². The molecule has 1 aliphatic rings. The molecule has 2 heterocycles. The monoisotopic (exact) mass is 328 g/mol. The Morgan fingerprint density at radius 1 is 1.04 bits per heavy atom. The lowest BCUT2D eigenvalue weighted by atomic mass is 9.98. The number of benzene rings is 1. The first kappa shape index (κ1) is 16.1. The molecular formula is C18H20N2O4. The van der Waals surface area contributed by atoms with Gasteiger partial charge in [0.15, 0.2) is 11.5 Å². The number of fused-ring (bicyclic) bond motifs is 1. The maximum absolute atomic E-state index is 12.7. The molecule has 0 saturated heterocycles. The Balaban J connectivity index is 1.85. The van der Waals surface area contributed by atoms with Gasteiger partial charge in [0.1, 0.15) is 5.69 Å². The third kappa shape index (κ3) is 2.99. The fourth-order valence-corrected chi connectivity index (χ4v) is 2.87. The quantitative estimate of drug-likeness (QED) is 0.862. The average Bonchev–Trinajstić information content (AvgIpc) is 2.65.